The molecule has 1 aliphatic heterocycles. The molecule has 13 heavy (non-hydrogen) atoms. The number of aromatic nitrogens is 2. The minimum Gasteiger partial charge on any atom is -0.252 e. The topological polar surface area (TPSA) is 42.5 Å². The van der Waals surface area contributed by atoms with Crippen LogP contribution in [0.25, 0.3) is 5.70 Å². The van der Waals surface area contributed by atoms with Crippen molar-refractivity contribution < 1.29 is 0 Å². The van der Waals surface area contributed by atoms with Crippen molar-refractivity contribution in [2.24, 2.45) is 9.98 Å². The SMILES string of the molecule is IC1=C(n2cccn2)C=NC=C=N1. The van der Waals surface area contributed by atoms with Crippen LogP contribution in [0, 0.1) is 0 Å². The fraction of sp³-hybridized carbons (Fsp3) is 0. The van der Waals surface area contributed by atoms with Gasteiger partial charge in [-0.25, -0.2) is 4.68 Å². The van der Waals surface area contributed by atoms with Crippen molar-refractivity contribution in [3.63, 3.8) is 0 Å². The third-order valence-electron chi connectivity index (χ3n) is 1.45. The molecule has 0 spiro atoms. The number of rotatable bonds is 1. The zero-order chi connectivity index (χ0) is 9.10. The van der Waals surface area contributed by atoms with Gasteiger partial charge in [-0.05, 0) is 28.7 Å². The Morgan fingerprint density at radius 3 is 3.15 bits per heavy atom. The third-order valence-corrected chi connectivity index (χ3v) is 2.25. The van der Waals surface area contributed by atoms with Gasteiger partial charge >= 0.3 is 0 Å². The Morgan fingerprint density at radius 2 is 2.38 bits per heavy atom. The van der Waals surface area contributed by atoms with Crippen LogP contribution in [-0.4, -0.2) is 21.9 Å². The molecule has 0 radical (unpaired) electrons. The van der Waals surface area contributed by atoms with Gasteiger partial charge in [0.2, 0.25) is 0 Å². The fourth-order valence-electron chi connectivity index (χ4n) is 0.902. The van der Waals surface area contributed by atoms with E-state index in [0.717, 1.165) is 9.40 Å². The molecule has 4 nitrogen and oxygen atoms in total. The van der Waals surface area contributed by atoms with E-state index in [0.29, 0.717) is 0 Å². The Bertz CT molecular complexity index is 421. The van der Waals surface area contributed by atoms with Crippen molar-refractivity contribution in [2.75, 3.05) is 0 Å². The summed E-state index contributed by atoms with van der Waals surface area (Å²) in [4.78, 5) is 8.02. The van der Waals surface area contributed by atoms with Gasteiger partial charge in [0.1, 0.15) is 9.40 Å². The summed E-state index contributed by atoms with van der Waals surface area (Å²) in [6.45, 7) is 0. The first-order valence-electron chi connectivity index (χ1n) is 3.59. The molecule has 0 saturated heterocycles. The minimum absolute atomic E-state index is 0.818. The molecular formula is C8H5IN4. The quantitative estimate of drug-likeness (QED) is 0.572. The van der Waals surface area contributed by atoms with Gasteiger partial charge in [-0.1, -0.05) is 0 Å². The van der Waals surface area contributed by atoms with E-state index < -0.39 is 0 Å². The van der Waals surface area contributed by atoms with Crippen molar-refractivity contribution >= 4 is 40.4 Å². The van der Waals surface area contributed by atoms with Gasteiger partial charge in [-0.3, -0.25) is 4.99 Å². The van der Waals surface area contributed by atoms with E-state index in [9.17, 15) is 0 Å². The van der Waals surface area contributed by atoms with Gasteiger partial charge in [0.05, 0.1) is 12.4 Å². The zero-order valence-electron chi connectivity index (χ0n) is 6.55. The van der Waals surface area contributed by atoms with Crippen LogP contribution >= 0.6 is 22.6 Å². The van der Waals surface area contributed by atoms with E-state index in [1.54, 1.807) is 17.1 Å². The number of hydrogen-bond acceptors (Lipinski definition) is 3. The maximum atomic E-state index is 4.09. The second kappa shape index (κ2) is 3.68. The van der Waals surface area contributed by atoms with Crippen LogP contribution in [0.15, 0.2) is 38.3 Å². The fourth-order valence-corrected chi connectivity index (χ4v) is 1.43. The first-order valence-corrected chi connectivity index (χ1v) is 4.67. The molecule has 1 aliphatic rings. The molecule has 0 amide bonds. The first-order chi connectivity index (χ1) is 6.38. The highest BCUT2D eigenvalue weighted by Gasteiger charge is 2.03. The number of allylic oxidation sites excluding steroid dienone is 1. The molecular weight excluding hydrogens is 279 g/mol. The van der Waals surface area contributed by atoms with E-state index >= 15 is 0 Å². The average Bonchev–Trinajstić information content (AvgIpc) is 2.56. The molecule has 64 valence electrons. The van der Waals surface area contributed by atoms with Gasteiger partial charge in [0.25, 0.3) is 0 Å². The van der Waals surface area contributed by atoms with Crippen LogP contribution in [0.3, 0.4) is 0 Å². The normalized spacial score (nSPS) is 15.2. The molecule has 0 atom stereocenters. The molecule has 5 heteroatoms. The zero-order valence-corrected chi connectivity index (χ0v) is 8.71. The summed E-state index contributed by atoms with van der Waals surface area (Å²) in [7, 11) is 0. The van der Waals surface area contributed by atoms with Crippen molar-refractivity contribution in [2.45, 2.75) is 0 Å². The van der Waals surface area contributed by atoms with Crippen LogP contribution < -0.4 is 0 Å². The summed E-state index contributed by atoms with van der Waals surface area (Å²) < 4.78 is 2.54. The molecule has 0 unspecified atom stereocenters. The highest BCUT2D eigenvalue weighted by Crippen LogP contribution is 2.16. The first kappa shape index (κ1) is 8.40. The number of nitrogens with zero attached hydrogens (tertiary/aromatic N) is 4. The second-order valence-corrected chi connectivity index (χ2v) is 3.30. The maximum absolute atomic E-state index is 4.09. The molecule has 0 bridgehead atoms. The Hall–Kier alpha value is -1.20. The molecule has 1 aromatic rings. The minimum atomic E-state index is 0.818. The van der Waals surface area contributed by atoms with Crippen molar-refractivity contribution in [1.82, 2.24) is 9.78 Å². The lowest BCUT2D eigenvalue weighted by atomic mass is 10.5. The summed E-state index contributed by atoms with van der Waals surface area (Å²) in [5.74, 6) is 2.68. The summed E-state index contributed by atoms with van der Waals surface area (Å²) in [5, 5.41) is 4.09. The summed E-state index contributed by atoms with van der Waals surface area (Å²) in [5.41, 5.74) is 0.854. The second-order valence-electron chi connectivity index (χ2n) is 2.27. The Labute approximate surface area is 88.5 Å². The third kappa shape index (κ3) is 1.76. The van der Waals surface area contributed by atoms with Crippen molar-refractivity contribution in [1.29, 1.82) is 0 Å². The molecule has 2 rings (SSSR count). The van der Waals surface area contributed by atoms with Gasteiger partial charge in [-0.15, -0.1) is 0 Å². The van der Waals surface area contributed by atoms with Crippen LogP contribution in [0.1, 0.15) is 0 Å². The summed E-state index contributed by atoms with van der Waals surface area (Å²) in [6.07, 6.45) is 6.79. The van der Waals surface area contributed by atoms with Gasteiger partial charge in [0.15, 0.2) is 0 Å². The Morgan fingerprint density at radius 1 is 1.46 bits per heavy atom. The number of halogens is 1. The van der Waals surface area contributed by atoms with Crippen molar-refractivity contribution in [3.05, 3.63) is 28.4 Å². The highest BCUT2D eigenvalue weighted by molar-refractivity contribution is 14.1. The lowest BCUT2D eigenvalue weighted by Gasteiger charge is -2.00. The standard InChI is InChI=1S/C8H5IN4/c9-8-7(6-10-3-4-11-8)13-5-1-2-12-13/h1-3,5-6H. The van der Waals surface area contributed by atoms with Crippen molar-refractivity contribution in [3.8, 4) is 0 Å². The molecule has 0 fully saturated rings. The van der Waals surface area contributed by atoms with E-state index in [1.807, 2.05) is 12.3 Å². The lowest BCUT2D eigenvalue weighted by molar-refractivity contribution is 0.917. The van der Waals surface area contributed by atoms with Crippen LogP contribution in [0.2, 0.25) is 0 Å². The molecule has 2 heterocycles. The van der Waals surface area contributed by atoms with E-state index in [-0.39, 0.29) is 0 Å². The molecule has 0 aromatic carbocycles. The lowest BCUT2D eigenvalue weighted by Crippen LogP contribution is -1.99. The van der Waals surface area contributed by atoms with E-state index in [2.05, 4.69) is 43.5 Å². The van der Waals surface area contributed by atoms with E-state index in [4.69, 9.17) is 0 Å². The van der Waals surface area contributed by atoms with Gasteiger partial charge < -0.3 is 0 Å². The molecule has 0 saturated carbocycles. The van der Waals surface area contributed by atoms with E-state index in [1.165, 1.54) is 6.20 Å². The Kier molecular flexibility index (Phi) is 2.37. The summed E-state index contributed by atoms with van der Waals surface area (Å²) in [6, 6.07) is 1.85. The smallest absolute Gasteiger partial charge is 0.138 e. The monoisotopic (exact) mass is 284 g/mol. The van der Waals surface area contributed by atoms with Crippen LogP contribution in [0.4, 0.5) is 0 Å². The largest absolute Gasteiger partial charge is 0.252 e. The van der Waals surface area contributed by atoms with Gasteiger partial charge in [-0.2, -0.15) is 10.1 Å². The van der Waals surface area contributed by atoms with Crippen LogP contribution in [0.5, 0.6) is 0 Å². The highest BCUT2D eigenvalue weighted by atomic mass is 127. The maximum Gasteiger partial charge on any atom is 0.138 e. The molecule has 0 N–H and O–H groups in total. The summed E-state index contributed by atoms with van der Waals surface area (Å²) >= 11 is 2.12. The van der Waals surface area contributed by atoms with Crippen LogP contribution in [-0.2, 0) is 0 Å². The predicted octanol–water partition coefficient (Wildman–Crippen LogP) is 1.71. The average molecular weight is 284 g/mol. The molecule has 1 aromatic heterocycles. The predicted molar refractivity (Wildman–Crippen MR) is 60.0 cm³/mol. The Balaban J connectivity index is 2.50. The molecule has 0 aliphatic carbocycles. The van der Waals surface area contributed by atoms with Gasteiger partial charge in [0, 0.05) is 18.3 Å². The number of hydrogen-bond donors (Lipinski definition) is 0. The number of aliphatic imine (C=N–C) groups is 2.